The second-order valence-electron chi connectivity index (χ2n) is 6.76. The minimum absolute atomic E-state index is 0.000211. The summed E-state index contributed by atoms with van der Waals surface area (Å²) in [5.74, 6) is -0.322. The van der Waals surface area contributed by atoms with Crippen LogP contribution in [-0.4, -0.2) is 52.3 Å². The van der Waals surface area contributed by atoms with E-state index in [1.165, 1.54) is 37.4 Å². The first-order valence-corrected chi connectivity index (χ1v) is 11.0. The third-order valence-corrected chi connectivity index (χ3v) is 5.72. The summed E-state index contributed by atoms with van der Waals surface area (Å²) in [7, 11) is -2.06. The molecule has 8 nitrogen and oxygen atoms in total. The summed E-state index contributed by atoms with van der Waals surface area (Å²) >= 11 is 0. The van der Waals surface area contributed by atoms with E-state index in [0.29, 0.717) is 5.75 Å². The standard InChI is InChI=1S/C21H26N2O6S/c1-15(2)23-20(24)14-29-18-10-9-16(13-19(18)28-3)21(25)22-11-12-30(26,27)17-7-5-4-6-8-17/h4-10,13,15H,11-12,14H2,1-3H3,(H,22,25)(H,23,24). The first kappa shape index (κ1) is 23.2. The first-order chi connectivity index (χ1) is 14.2. The van der Waals surface area contributed by atoms with Crippen molar-refractivity contribution in [3.8, 4) is 11.5 Å². The van der Waals surface area contributed by atoms with Crippen molar-refractivity contribution in [3.05, 3.63) is 54.1 Å². The fourth-order valence-corrected chi connectivity index (χ4v) is 3.76. The molecule has 0 saturated carbocycles. The maximum atomic E-state index is 12.4. The van der Waals surface area contributed by atoms with Crippen LogP contribution >= 0.6 is 0 Å². The highest BCUT2D eigenvalue weighted by molar-refractivity contribution is 7.91. The molecule has 0 saturated heterocycles. The number of nitrogens with one attached hydrogen (secondary N) is 2. The van der Waals surface area contributed by atoms with Gasteiger partial charge in [0.2, 0.25) is 0 Å². The average Bonchev–Trinajstić information content (AvgIpc) is 2.72. The molecule has 2 aromatic carbocycles. The fourth-order valence-electron chi connectivity index (χ4n) is 2.58. The maximum Gasteiger partial charge on any atom is 0.258 e. The summed E-state index contributed by atoms with van der Waals surface area (Å²) in [5.41, 5.74) is 0.281. The number of amides is 2. The van der Waals surface area contributed by atoms with Gasteiger partial charge in [0.1, 0.15) is 0 Å². The van der Waals surface area contributed by atoms with Crippen molar-refractivity contribution in [2.45, 2.75) is 24.8 Å². The molecule has 0 atom stereocenters. The summed E-state index contributed by atoms with van der Waals surface area (Å²) in [4.78, 5) is 24.3. The summed E-state index contributed by atoms with van der Waals surface area (Å²) < 4.78 is 35.2. The van der Waals surface area contributed by atoms with E-state index in [-0.39, 0.29) is 47.1 Å². The molecule has 0 aliphatic heterocycles. The Hall–Kier alpha value is -3.07. The molecule has 0 heterocycles. The van der Waals surface area contributed by atoms with Crippen molar-refractivity contribution in [2.24, 2.45) is 0 Å². The van der Waals surface area contributed by atoms with E-state index in [2.05, 4.69) is 10.6 Å². The molecule has 9 heteroatoms. The van der Waals surface area contributed by atoms with E-state index in [4.69, 9.17) is 9.47 Å². The van der Waals surface area contributed by atoms with Crippen LogP contribution in [0.5, 0.6) is 11.5 Å². The van der Waals surface area contributed by atoms with Crippen LogP contribution in [0, 0.1) is 0 Å². The van der Waals surface area contributed by atoms with Gasteiger partial charge in [-0.15, -0.1) is 0 Å². The van der Waals surface area contributed by atoms with E-state index in [1.807, 2.05) is 13.8 Å². The van der Waals surface area contributed by atoms with Crippen molar-refractivity contribution in [1.82, 2.24) is 10.6 Å². The van der Waals surface area contributed by atoms with Gasteiger partial charge < -0.3 is 20.1 Å². The number of carbonyl (C=O) groups is 2. The zero-order valence-electron chi connectivity index (χ0n) is 17.2. The Morgan fingerprint density at radius 1 is 1.03 bits per heavy atom. The van der Waals surface area contributed by atoms with Gasteiger partial charge in [0, 0.05) is 18.2 Å². The monoisotopic (exact) mass is 434 g/mol. The molecular weight excluding hydrogens is 408 g/mol. The van der Waals surface area contributed by atoms with Crippen molar-refractivity contribution >= 4 is 21.7 Å². The molecule has 30 heavy (non-hydrogen) atoms. The number of carbonyl (C=O) groups excluding carboxylic acids is 2. The molecule has 0 bridgehead atoms. The lowest BCUT2D eigenvalue weighted by atomic mass is 10.2. The summed E-state index contributed by atoms with van der Waals surface area (Å²) in [6.07, 6.45) is 0. The van der Waals surface area contributed by atoms with Gasteiger partial charge in [-0.1, -0.05) is 18.2 Å². The topological polar surface area (TPSA) is 111 Å². The maximum absolute atomic E-state index is 12.4. The van der Waals surface area contributed by atoms with Crippen molar-refractivity contribution < 1.29 is 27.5 Å². The molecule has 162 valence electrons. The van der Waals surface area contributed by atoms with Crippen LogP contribution in [0.4, 0.5) is 0 Å². The Kier molecular flexibility index (Phi) is 8.23. The molecule has 0 fully saturated rings. The number of benzene rings is 2. The zero-order chi connectivity index (χ0) is 22.1. The van der Waals surface area contributed by atoms with Gasteiger partial charge in [0.05, 0.1) is 17.8 Å². The van der Waals surface area contributed by atoms with Gasteiger partial charge in [0.15, 0.2) is 27.9 Å². The smallest absolute Gasteiger partial charge is 0.258 e. The Morgan fingerprint density at radius 2 is 1.73 bits per heavy atom. The quantitative estimate of drug-likeness (QED) is 0.590. The van der Waals surface area contributed by atoms with Crippen LogP contribution in [0.1, 0.15) is 24.2 Å². The lowest BCUT2D eigenvalue weighted by Crippen LogP contribution is -2.34. The largest absolute Gasteiger partial charge is 0.493 e. The van der Waals surface area contributed by atoms with Crippen molar-refractivity contribution in [1.29, 1.82) is 0 Å². The van der Waals surface area contributed by atoms with E-state index in [0.717, 1.165) is 0 Å². The molecule has 2 N–H and O–H groups in total. The highest BCUT2D eigenvalue weighted by Gasteiger charge is 2.16. The summed E-state index contributed by atoms with van der Waals surface area (Å²) in [6, 6.07) is 12.6. The van der Waals surface area contributed by atoms with Gasteiger partial charge in [-0.2, -0.15) is 0 Å². The summed E-state index contributed by atoms with van der Waals surface area (Å²) in [6.45, 7) is 3.47. The van der Waals surface area contributed by atoms with E-state index >= 15 is 0 Å². The van der Waals surface area contributed by atoms with Gasteiger partial charge in [-0.3, -0.25) is 9.59 Å². The zero-order valence-corrected chi connectivity index (χ0v) is 18.0. The number of ether oxygens (including phenoxy) is 2. The highest BCUT2D eigenvalue weighted by Crippen LogP contribution is 2.28. The van der Waals surface area contributed by atoms with Crippen LogP contribution < -0.4 is 20.1 Å². The molecule has 2 rings (SSSR count). The second kappa shape index (κ2) is 10.6. The Bertz CT molecular complexity index is 974. The minimum atomic E-state index is -3.48. The number of hydrogen-bond donors (Lipinski definition) is 2. The number of hydrogen-bond acceptors (Lipinski definition) is 6. The van der Waals surface area contributed by atoms with E-state index < -0.39 is 15.7 Å². The van der Waals surface area contributed by atoms with E-state index in [1.54, 1.807) is 18.2 Å². The van der Waals surface area contributed by atoms with Crippen LogP contribution in [0.25, 0.3) is 0 Å². The molecule has 0 aliphatic rings. The molecule has 0 aliphatic carbocycles. The Balaban J connectivity index is 1.95. The minimum Gasteiger partial charge on any atom is -0.493 e. The number of methoxy groups -OCH3 is 1. The number of sulfone groups is 1. The molecule has 2 amide bonds. The molecule has 0 radical (unpaired) electrons. The lowest BCUT2D eigenvalue weighted by molar-refractivity contribution is -0.123. The second-order valence-corrected chi connectivity index (χ2v) is 8.87. The van der Waals surface area contributed by atoms with Crippen molar-refractivity contribution in [3.63, 3.8) is 0 Å². The third kappa shape index (κ3) is 6.77. The Morgan fingerprint density at radius 3 is 2.37 bits per heavy atom. The molecule has 0 unspecified atom stereocenters. The molecule has 2 aromatic rings. The van der Waals surface area contributed by atoms with Gasteiger partial charge in [-0.25, -0.2) is 8.42 Å². The summed E-state index contributed by atoms with van der Waals surface area (Å²) in [5, 5.41) is 5.30. The number of rotatable bonds is 10. The molecule has 0 aromatic heterocycles. The first-order valence-electron chi connectivity index (χ1n) is 9.39. The molecular formula is C21H26N2O6S. The predicted molar refractivity (Wildman–Crippen MR) is 113 cm³/mol. The van der Waals surface area contributed by atoms with Crippen LogP contribution in [0.15, 0.2) is 53.4 Å². The Labute approximate surface area is 176 Å². The third-order valence-electron chi connectivity index (χ3n) is 3.99. The normalized spacial score (nSPS) is 11.1. The predicted octanol–water partition coefficient (Wildman–Crippen LogP) is 1.80. The highest BCUT2D eigenvalue weighted by atomic mass is 32.2. The fraction of sp³-hybridized carbons (Fsp3) is 0.333. The van der Waals surface area contributed by atoms with Crippen molar-refractivity contribution in [2.75, 3.05) is 26.0 Å². The SMILES string of the molecule is COc1cc(C(=O)NCCS(=O)(=O)c2ccccc2)ccc1OCC(=O)NC(C)C. The lowest BCUT2D eigenvalue weighted by Gasteiger charge is -2.13. The van der Waals surface area contributed by atoms with Gasteiger partial charge in [-0.05, 0) is 44.2 Å². The molecule has 0 spiro atoms. The van der Waals surface area contributed by atoms with Crippen LogP contribution in [-0.2, 0) is 14.6 Å². The van der Waals surface area contributed by atoms with Gasteiger partial charge in [0.25, 0.3) is 11.8 Å². The van der Waals surface area contributed by atoms with E-state index in [9.17, 15) is 18.0 Å². The van der Waals surface area contributed by atoms with Crippen LogP contribution in [0.3, 0.4) is 0 Å². The van der Waals surface area contributed by atoms with Crippen LogP contribution in [0.2, 0.25) is 0 Å². The average molecular weight is 435 g/mol. The van der Waals surface area contributed by atoms with Gasteiger partial charge >= 0.3 is 0 Å².